The van der Waals surface area contributed by atoms with Crippen LogP contribution in [0.2, 0.25) is 0 Å². The van der Waals surface area contributed by atoms with Crippen LogP contribution >= 0.6 is 0 Å². The summed E-state index contributed by atoms with van der Waals surface area (Å²) < 4.78 is 10.7. The second kappa shape index (κ2) is 9.68. The van der Waals surface area contributed by atoms with Crippen molar-refractivity contribution < 1.29 is 9.47 Å². The maximum absolute atomic E-state index is 6.32. The molecule has 0 saturated carbocycles. The molecule has 4 nitrogen and oxygen atoms in total. The SMILES string of the molecule is Nc1c(C2=CCOCC2)ccc2c1CCC2.Nc1c(C2CCOCC2)ccc2c1CCC2. The van der Waals surface area contributed by atoms with Crippen molar-refractivity contribution >= 4 is 16.9 Å². The molecule has 6 rings (SSSR count). The van der Waals surface area contributed by atoms with Crippen molar-refractivity contribution in [2.45, 2.75) is 63.7 Å². The van der Waals surface area contributed by atoms with Crippen molar-refractivity contribution in [1.29, 1.82) is 0 Å². The Kier molecular flexibility index (Phi) is 6.52. The van der Waals surface area contributed by atoms with Crippen molar-refractivity contribution in [1.82, 2.24) is 0 Å². The average Bonchev–Trinajstić information content (AvgIpc) is 3.52. The summed E-state index contributed by atoms with van der Waals surface area (Å²) in [6.07, 6.45) is 12.7. The normalized spacial score (nSPS) is 20.2. The van der Waals surface area contributed by atoms with Crippen molar-refractivity contribution in [2.24, 2.45) is 0 Å². The molecule has 2 heterocycles. The smallest absolute Gasteiger partial charge is 0.0653 e. The lowest BCUT2D eigenvalue weighted by atomic mass is 9.88. The molecule has 2 aliphatic heterocycles. The minimum atomic E-state index is 0.625. The summed E-state index contributed by atoms with van der Waals surface area (Å²) in [7, 11) is 0. The fourth-order valence-electron chi connectivity index (χ4n) is 5.82. The molecule has 0 unspecified atom stereocenters. The molecular weight excluding hydrogens is 396 g/mol. The first-order valence-corrected chi connectivity index (χ1v) is 12.4. The van der Waals surface area contributed by atoms with Gasteiger partial charge in [0.05, 0.1) is 13.2 Å². The van der Waals surface area contributed by atoms with Gasteiger partial charge < -0.3 is 20.9 Å². The van der Waals surface area contributed by atoms with Crippen LogP contribution in [-0.2, 0) is 35.2 Å². The molecule has 2 aromatic rings. The lowest BCUT2D eigenvalue weighted by Gasteiger charge is -2.24. The highest BCUT2D eigenvalue weighted by Gasteiger charge is 2.22. The minimum absolute atomic E-state index is 0.625. The highest BCUT2D eigenvalue weighted by Crippen LogP contribution is 2.37. The van der Waals surface area contributed by atoms with Gasteiger partial charge in [-0.25, -0.2) is 0 Å². The van der Waals surface area contributed by atoms with Crippen molar-refractivity contribution in [2.75, 3.05) is 37.9 Å². The van der Waals surface area contributed by atoms with Crippen molar-refractivity contribution in [3.8, 4) is 0 Å². The van der Waals surface area contributed by atoms with E-state index in [0.29, 0.717) is 5.92 Å². The topological polar surface area (TPSA) is 70.5 Å². The Balaban J connectivity index is 0.000000135. The summed E-state index contributed by atoms with van der Waals surface area (Å²) in [5.74, 6) is 0.625. The Morgan fingerprint density at radius 2 is 1.38 bits per heavy atom. The minimum Gasteiger partial charge on any atom is -0.398 e. The second-order valence-electron chi connectivity index (χ2n) is 9.52. The number of aryl methyl sites for hydroxylation is 2. The standard InChI is InChI=1S/C14H19NO.C14H17NO/c2*15-14-12-3-1-2-10(12)4-5-13(14)11-6-8-16-9-7-11/h4-5,11H,1-3,6-9,15H2;4-6H,1-3,7-9,15H2. The third-order valence-electron chi connectivity index (χ3n) is 7.66. The Bertz CT molecular complexity index is 1000. The van der Waals surface area contributed by atoms with E-state index in [9.17, 15) is 0 Å². The monoisotopic (exact) mass is 432 g/mol. The molecule has 2 aliphatic carbocycles. The van der Waals surface area contributed by atoms with Gasteiger partial charge in [0, 0.05) is 30.2 Å². The van der Waals surface area contributed by atoms with Crippen molar-refractivity contribution in [3.63, 3.8) is 0 Å². The first-order chi connectivity index (χ1) is 15.7. The number of nitrogens with two attached hydrogens (primary N) is 2. The van der Waals surface area contributed by atoms with E-state index in [1.54, 1.807) is 0 Å². The van der Waals surface area contributed by atoms with Gasteiger partial charge in [0.1, 0.15) is 0 Å². The molecule has 2 aromatic carbocycles. The van der Waals surface area contributed by atoms with Gasteiger partial charge >= 0.3 is 0 Å². The number of fused-ring (bicyclic) bond motifs is 2. The quantitative estimate of drug-likeness (QED) is 0.639. The number of rotatable bonds is 2. The second-order valence-corrected chi connectivity index (χ2v) is 9.52. The van der Waals surface area contributed by atoms with Gasteiger partial charge in [0.2, 0.25) is 0 Å². The first-order valence-electron chi connectivity index (χ1n) is 12.4. The first kappa shape index (κ1) is 21.5. The summed E-state index contributed by atoms with van der Waals surface area (Å²) in [5, 5.41) is 0. The maximum Gasteiger partial charge on any atom is 0.0653 e. The molecular formula is C28H36N2O2. The summed E-state index contributed by atoms with van der Waals surface area (Å²) in [6.45, 7) is 3.33. The van der Waals surface area contributed by atoms with E-state index < -0.39 is 0 Å². The van der Waals surface area contributed by atoms with Gasteiger partial charge in [-0.15, -0.1) is 0 Å². The number of ether oxygens (including phenoxy) is 2. The molecule has 1 saturated heterocycles. The number of nitrogen functional groups attached to an aromatic ring is 2. The molecule has 4 heteroatoms. The molecule has 4 aliphatic rings. The van der Waals surface area contributed by atoms with E-state index >= 15 is 0 Å². The van der Waals surface area contributed by atoms with Gasteiger partial charge in [0.15, 0.2) is 0 Å². The van der Waals surface area contributed by atoms with Crippen LogP contribution in [0.25, 0.3) is 5.57 Å². The Labute approximate surface area is 192 Å². The summed E-state index contributed by atoms with van der Waals surface area (Å²) in [5.41, 5.74) is 24.4. The van der Waals surface area contributed by atoms with Crippen LogP contribution in [0.5, 0.6) is 0 Å². The molecule has 0 bridgehead atoms. The fourth-order valence-corrected chi connectivity index (χ4v) is 5.82. The predicted octanol–water partition coefficient (Wildman–Crippen LogP) is 5.21. The van der Waals surface area contributed by atoms with Gasteiger partial charge in [-0.05, 0) is 97.1 Å². The zero-order valence-electron chi connectivity index (χ0n) is 19.1. The van der Waals surface area contributed by atoms with E-state index in [2.05, 4.69) is 30.3 Å². The van der Waals surface area contributed by atoms with Crippen LogP contribution in [0.15, 0.2) is 30.3 Å². The van der Waals surface area contributed by atoms with Crippen LogP contribution in [0, 0.1) is 0 Å². The van der Waals surface area contributed by atoms with Crippen LogP contribution in [-0.4, -0.2) is 26.4 Å². The van der Waals surface area contributed by atoms with Crippen LogP contribution in [0.1, 0.15) is 71.4 Å². The summed E-state index contributed by atoms with van der Waals surface area (Å²) >= 11 is 0. The molecule has 0 amide bonds. The third kappa shape index (κ3) is 4.31. The Morgan fingerprint density at radius 3 is 2.06 bits per heavy atom. The molecule has 1 fully saturated rings. The third-order valence-corrected chi connectivity index (χ3v) is 7.66. The maximum atomic E-state index is 6.32. The van der Waals surface area contributed by atoms with Gasteiger partial charge in [-0.2, -0.15) is 0 Å². The van der Waals surface area contributed by atoms with Gasteiger partial charge in [-0.1, -0.05) is 30.3 Å². The molecule has 170 valence electrons. The molecule has 0 aromatic heterocycles. The van der Waals surface area contributed by atoms with Gasteiger partial charge in [-0.3, -0.25) is 0 Å². The summed E-state index contributed by atoms with van der Waals surface area (Å²) in [6, 6.07) is 9.00. The molecule has 0 atom stereocenters. The van der Waals surface area contributed by atoms with E-state index in [1.807, 2.05) is 0 Å². The fraction of sp³-hybridized carbons (Fsp3) is 0.500. The molecule has 0 radical (unpaired) electrons. The number of anilines is 2. The number of hydrogen-bond acceptors (Lipinski definition) is 4. The van der Waals surface area contributed by atoms with E-state index in [4.69, 9.17) is 20.9 Å². The van der Waals surface area contributed by atoms with E-state index in [-0.39, 0.29) is 0 Å². The van der Waals surface area contributed by atoms with E-state index in [0.717, 1.165) is 63.5 Å². The highest BCUT2D eigenvalue weighted by atomic mass is 16.5. The molecule has 0 spiro atoms. The highest BCUT2D eigenvalue weighted by molar-refractivity contribution is 5.78. The average molecular weight is 433 g/mol. The van der Waals surface area contributed by atoms with E-state index in [1.165, 1.54) is 71.1 Å². The zero-order valence-corrected chi connectivity index (χ0v) is 19.1. The lowest BCUT2D eigenvalue weighted by Crippen LogP contribution is -2.16. The van der Waals surface area contributed by atoms with Gasteiger partial charge in [0.25, 0.3) is 0 Å². The van der Waals surface area contributed by atoms with Crippen LogP contribution < -0.4 is 11.5 Å². The Hall–Kier alpha value is -2.30. The Morgan fingerprint density at radius 1 is 0.688 bits per heavy atom. The largest absolute Gasteiger partial charge is 0.398 e. The summed E-state index contributed by atoms with van der Waals surface area (Å²) in [4.78, 5) is 0. The molecule has 32 heavy (non-hydrogen) atoms. The number of hydrogen-bond donors (Lipinski definition) is 2. The lowest BCUT2D eigenvalue weighted by molar-refractivity contribution is 0.0854. The van der Waals surface area contributed by atoms with Crippen LogP contribution in [0.3, 0.4) is 0 Å². The predicted molar refractivity (Wildman–Crippen MR) is 132 cm³/mol. The molecule has 4 N–H and O–H groups in total. The number of benzene rings is 2. The van der Waals surface area contributed by atoms with Crippen molar-refractivity contribution in [3.05, 3.63) is 63.7 Å². The van der Waals surface area contributed by atoms with Crippen LogP contribution in [0.4, 0.5) is 11.4 Å². The zero-order chi connectivity index (χ0) is 21.9.